The maximum absolute atomic E-state index is 8.67. The monoisotopic (exact) mass is 246 g/mol. The third kappa shape index (κ3) is 33.1. The van der Waals surface area contributed by atoms with E-state index in [-0.39, 0.29) is 38.2 Å². The summed E-state index contributed by atoms with van der Waals surface area (Å²) in [6.45, 7) is 0. The van der Waals surface area contributed by atoms with Crippen LogP contribution < -0.4 is 0 Å². The first kappa shape index (κ1) is 9.60. The van der Waals surface area contributed by atoms with E-state index < -0.39 is 11.4 Å². The van der Waals surface area contributed by atoms with Gasteiger partial charge in [0.1, 0.15) is 0 Å². The van der Waals surface area contributed by atoms with Crippen LogP contribution in [-0.4, -0.2) is 13.3 Å². The van der Waals surface area contributed by atoms with E-state index in [1.54, 1.807) is 0 Å². The first-order chi connectivity index (χ1) is 1.73. The van der Waals surface area contributed by atoms with Gasteiger partial charge in [0.05, 0.1) is 0 Å². The predicted molar refractivity (Wildman–Crippen MR) is 13.4 cm³/mol. The molecule has 3 nitrogen and oxygen atoms in total. The Morgan fingerprint density at radius 3 is 1.40 bits per heavy atom. The Morgan fingerprint density at radius 2 is 1.40 bits per heavy atom. The molecular weight excluding hydrogens is 243 g/mol. The summed E-state index contributed by atoms with van der Waals surface area (Å²) in [4.78, 5) is 0. The van der Waals surface area contributed by atoms with Crippen LogP contribution in [0.5, 0.6) is 0 Å². The summed E-state index contributed by atoms with van der Waals surface area (Å²) in [5.74, 6) is 0. The second-order valence-electron chi connectivity index (χ2n) is 0.231. The maximum Gasteiger partial charge on any atom is 0.299 e. The van der Waals surface area contributed by atoms with E-state index in [0.717, 1.165) is 0 Å². The minimum Gasteiger partial charge on any atom is -0.284 e. The molecular formula is H2DyO3S. The molecule has 0 spiro atoms. The summed E-state index contributed by atoms with van der Waals surface area (Å²) < 4.78 is 22.8. The van der Waals surface area contributed by atoms with Gasteiger partial charge in [0, 0.05) is 38.2 Å². The second-order valence-corrected chi connectivity index (χ2v) is 0.692. The zero-order valence-electron chi connectivity index (χ0n) is 2.03. The fourth-order valence-electron chi connectivity index (χ4n) is 0. The van der Waals surface area contributed by atoms with E-state index >= 15 is 0 Å². The summed E-state index contributed by atoms with van der Waals surface area (Å²) in [6.07, 6.45) is 0. The molecule has 0 amide bonds. The zero-order valence-corrected chi connectivity index (χ0v) is 4.87. The summed E-state index contributed by atoms with van der Waals surface area (Å²) in [5.41, 5.74) is 0. The fourth-order valence-corrected chi connectivity index (χ4v) is 0. The summed E-state index contributed by atoms with van der Waals surface area (Å²) in [7, 11) is 0. The largest absolute Gasteiger partial charge is 0.299 e. The van der Waals surface area contributed by atoms with E-state index in [2.05, 4.69) is 0 Å². The Kier molecular flexibility index (Phi) is 10.3. The van der Waals surface area contributed by atoms with Crippen LogP contribution in [0.2, 0.25) is 0 Å². The van der Waals surface area contributed by atoms with Gasteiger partial charge in [-0.1, -0.05) is 0 Å². The Morgan fingerprint density at radius 1 is 1.40 bits per heavy atom. The molecule has 0 aromatic heterocycles. The predicted octanol–water partition coefficient (Wildman–Crippen LogP) is -0.319. The summed E-state index contributed by atoms with van der Waals surface area (Å²) in [5, 5.41) is 0. The Labute approximate surface area is 62.3 Å². The van der Waals surface area contributed by atoms with Gasteiger partial charge in [-0.3, -0.25) is 9.11 Å². The molecule has 0 heterocycles. The zero-order chi connectivity index (χ0) is 3.58. The van der Waals surface area contributed by atoms with Gasteiger partial charge in [-0.2, -0.15) is 4.21 Å². The van der Waals surface area contributed by atoms with E-state index in [4.69, 9.17) is 13.3 Å². The van der Waals surface area contributed by atoms with Gasteiger partial charge in [0.15, 0.2) is 0 Å². The molecule has 0 aromatic rings. The molecule has 0 rings (SSSR count). The maximum atomic E-state index is 8.67. The van der Waals surface area contributed by atoms with Crippen molar-refractivity contribution in [1.82, 2.24) is 0 Å². The second kappa shape index (κ2) is 5.34. The third-order valence-electron chi connectivity index (χ3n) is 0. The molecule has 0 fully saturated rings. The van der Waals surface area contributed by atoms with E-state index in [0.29, 0.717) is 0 Å². The van der Waals surface area contributed by atoms with Crippen LogP contribution in [0, 0.1) is 38.2 Å². The van der Waals surface area contributed by atoms with Crippen molar-refractivity contribution in [2.45, 2.75) is 0 Å². The normalized spacial score (nSPS) is 7.00. The molecule has 36 valence electrons. The molecule has 0 saturated carbocycles. The third-order valence-corrected chi connectivity index (χ3v) is 0. The minimum absolute atomic E-state index is 0. The standard InChI is InChI=1S/Dy.H2O3S/c;1-4(2)3/h;(H2,1,2,3). The molecule has 0 atom stereocenters. The van der Waals surface area contributed by atoms with Crippen molar-refractivity contribution in [3.63, 3.8) is 0 Å². The number of hydrogen-bond acceptors (Lipinski definition) is 1. The van der Waals surface area contributed by atoms with Crippen molar-refractivity contribution in [2.24, 2.45) is 0 Å². The van der Waals surface area contributed by atoms with Gasteiger partial charge in [0.2, 0.25) is 0 Å². The Balaban J connectivity index is 0. The molecule has 0 bridgehead atoms. The quantitative estimate of drug-likeness (QED) is 0.575. The fraction of sp³-hybridized carbons (Fsp3) is 0. The Bertz CT molecular complexity index is 29.9. The number of hydrogen-bond donors (Lipinski definition) is 2. The van der Waals surface area contributed by atoms with Crippen LogP contribution in [-0.2, 0) is 11.4 Å². The van der Waals surface area contributed by atoms with Crippen LogP contribution >= 0.6 is 0 Å². The van der Waals surface area contributed by atoms with E-state index in [1.807, 2.05) is 0 Å². The van der Waals surface area contributed by atoms with E-state index in [1.165, 1.54) is 0 Å². The van der Waals surface area contributed by atoms with Crippen molar-refractivity contribution in [3.8, 4) is 0 Å². The average Bonchev–Trinajstić information content (AvgIpc) is 0.811. The number of rotatable bonds is 0. The molecule has 0 aliphatic rings. The van der Waals surface area contributed by atoms with Gasteiger partial charge < -0.3 is 0 Å². The van der Waals surface area contributed by atoms with Crippen LogP contribution in [0.1, 0.15) is 0 Å². The SMILES string of the molecule is O=S(O)O.[Dy]. The molecule has 0 aliphatic carbocycles. The van der Waals surface area contributed by atoms with Gasteiger partial charge in [-0.05, 0) is 0 Å². The first-order valence-corrected chi connectivity index (χ1v) is 1.60. The topological polar surface area (TPSA) is 57.5 Å². The molecule has 0 unspecified atom stereocenters. The molecule has 2 N–H and O–H groups in total. The van der Waals surface area contributed by atoms with E-state index in [9.17, 15) is 0 Å². The van der Waals surface area contributed by atoms with Crippen molar-refractivity contribution >= 4 is 11.4 Å². The summed E-state index contributed by atoms with van der Waals surface area (Å²) >= 11 is -2.61. The molecule has 0 aromatic carbocycles. The van der Waals surface area contributed by atoms with Crippen molar-refractivity contribution in [1.29, 1.82) is 0 Å². The molecule has 0 aliphatic heterocycles. The van der Waals surface area contributed by atoms with Crippen molar-refractivity contribution in [3.05, 3.63) is 0 Å². The van der Waals surface area contributed by atoms with Crippen molar-refractivity contribution in [2.75, 3.05) is 0 Å². The first-order valence-electron chi connectivity index (χ1n) is 0.532. The van der Waals surface area contributed by atoms with Gasteiger partial charge in [0.25, 0.3) is 11.4 Å². The smallest absolute Gasteiger partial charge is 0.284 e. The van der Waals surface area contributed by atoms with Gasteiger partial charge >= 0.3 is 0 Å². The summed E-state index contributed by atoms with van der Waals surface area (Å²) in [6, 6.07) is 0. The Hall–Kier alpha value is 1.34. The van der Waals surface area contributed by atoms with Crippen LogP contribution in [0.3, 0.4) is 0 Å². The molecule has 0 radical (unpaired) electrons. The van der Waals surface area contributed by atoms with Gasteiger partial charge in [-0.15, -0.1) is 0 Å². The van der Waals surface area contributed by atoms with Crippen LogP contribution in [0.25, 0.3) is 0 Å². The minimum atomic E-state index is -2.61. The molecule has 5 heavy (non-hydrogen) atoms. The molecule has 5 heteroatoms. The van der Waals surface area contributed by atoms with Crippen LogP contribution in [0.15, 0.2) is 0 Å². The molecule has 0 saturated heterocycles. The van der Waals surface area contributed by atoms with Crippen LogP contribution in [0.4, 0.5) is 0 Å². The van der Waals surface area contributed by atoms with Crippen molar-refractivity contribution < 1.29 is 51.5 Å². The average molecular weight is 245 g/mol. The van der Waals surface area contributed by atoms with Gasteiger partial charge in [-0.25, -0.2) is 0 Å².